The zero-order valence-corrected chi connectivity index (χ0v) is 9.13. The molecule has 0 spiro atoms. The van der Waals surface area contributed by atoms with Crippen molar-refractivity contribution in [3.05, 3.63) is 36.2 Å². The number of aromatic nitrogens is 4. The van der Waals surface area contributed by atoms with Gasteiger partial charge in [0.15, 0.2) is 5.82 Å². The van der Waals surface area contributed by atoms with Gasteiger partial charge in [-0.05, 0) is 34.9 Å². The molecule has 87 valence electrons. The molecule has 0 bridgehead atoms. The van der Waals surface area contributed by atoms with Gasteiger partial charge in [-0.2, -0.15) is 0 Å². The molecule has 0 saturated carbocycles. The van der Waals surface area contributed by atoms with Crippen LogP contribution in [0.3, 0.4) is 0 Å². The van der Waals surface area contributed by atoms with Crippen molar-refractivity contribution in [2.75, 3.05) is 0 Å². The van der Waals surface area contributed by atoms with Crippen LogP contribution in [0, 0.1) is 6.42 Å². The van der Waals surface area contributed by atoms with Gasteiger partial charge in [0, 0.05) is 12.0 Å². The van der Waals surface area contributed by atoms with Crippen LogP contribution < -0.4 is 5.73 Å². The van der Waals surface area contributed by atoms with Crippen molar-refractivity contribution in [3.8, 4) is 11.4 Å². The molecular weight excluding hydrogens is 218 g/mol. The molecule has 0 unspecified atom stereocenters. The Balaban J connectivity index is 2.04. The summed E-state index contributed by atoms with van der Waals surface area (Å²) in [5.74, 6) is 0.308. The summed E-state index contributed by atoms with van der Waals surface area (Å²) in [5, 5.41) is 13.6. The standard InChI is InChI=1S/C11H12N5O/c12-10(17)6-2-4-8-3-1-5-9(7-8)11-13-15-16-14-11/h1-3,5,7H,4,6H2,(H2,12,17)(H,13,14,15,16). The van der Waals surface area contributed by atoms with Gasteiger partial charge in [0.1, 0.15) is 0 Å². The quantitative estimate of drug-likeness (QED) is 0.780. The molecule has 0 fully saturated rings. The topological polar surface area (TPSA) is 97.6 Å². The lowest BCUT2D eigenvalue weighted by Gasteiger charge is -2.01. The van der Waals surface area contributed by atoms with Gasteiger partial charge in [-0.15, -0.1) is 5.10 Å². The predicted octanol–water partition coefficient (Wildman–Crippen LogP) is 0.489. The first-order chi connectivity index (χ1) is 8.25. The minimum atomic E-state index is -0.319. The molecule has 6 heteroatoms. The van der Waals surface area contributed by atoms with Gasteiger partial charge in [0.2, 0.25) is 5.91 Å². The summed E-state index contributed by atoms with van der Waals surface area (Å²) >= 11 is 0. The number of nitrogens with two attached hydrogens (primary N) is 1. The average Bonchev–Trinajstić information content (AvgIpc) is 2.82. The molecule has 3 N–H and O–H groups in total. The number of amides is 1. The fourth-order valence-electron chi connectivity index (χ4n) is 1.51. The molecular formula is C11H12N5O. The van der Waals surface area contributed by atoms with E-state index in [0.29, 0.717) is 12.2 Å². The molecule has 1 heterocycles. The third-order valence-electron chi connectivity index (χ3n) is 2.27. The first kappa shape index (κ1) is 11.3. The normalized spacial score (nSPS) is 10.4. The maximum atomic E-state index is 10.6. The van der Waals surface area contributed by atoms with E-state index in [-0.39, 0.29) is 12.3 Å². The molecule has 1 amide bonds. The second-order valence-electron chi connectivity index (χ2n) is 3.61. The molecule has 17 heavy (non-hydrogen) atoms. The number of hydrogen-bond donors (Lipinski definition) is 2. The van der Waals surface area contributed by atoms with Crippen LogP contribution in [0.1, 0.15) is 12.0 Å². The fourth-order valence-corrected chi connectivity index (χ4v) is 1.51. The van der Waals surface area contributed by atoms with E-state index < -0.39 is 0 Å². The van der Waals surface area contributed by atoms with E-state index in [9.17, 15) is 4.79 Å². The minimum Gasteiger partial charge on any atom is -0.370 e. The first-order valence-corrected chi connectivity index (χ1v) is 5.18. The third kappa shape index (κ3) is 3.10. The highest BCUT2D eigenvalue weighted by atomic mass is 16.1. The largest absolute Gasteiger partial charge is 0.370 e. The Kier molecular flexibility index (Phi) is 3.44. The summed E-state index contributed by atoms with van der Waals surface area (Å²) in [6, 6.07) is 7.79. The summed E-state index contributed by atoms with van der Waals surface area (Å²) in [5.41, 5.74) is 7.06. The maximum absolute atomic E-state index is 10.6. The van der Waals surface area contributed by atoms with E-state index >= 15 is 0 Å². The third-order valence-corrected chi connectivity index (χ3v) is 2.27. The minimum absolute atomic E-state index is 0.286. The number of H-pyrrole nitrogens is 1. The van der Waals surface area contributed by atoms with Crippen LogP contribution >= 0.6 is 0 Å². The molecule has 0 aliphatic carbocycles. The Hall–Kier alpha value is -2.24. The van der Waals surface area contributed by atoms with Crippen LogP contribution in [0.5, 0.6) is 0 Å². The van der Waals surface area contributed by atoms with Crippen molar-refractivity contribution in [3.63, 3.8) is 0 Å². The maximum Gasteiger partial charge on any atom is 0.217 e. The smallest absolute Gasteiger partial charge is 0.217 e. The Morgan fingerprint density at radius 2 is 2.35 bits per heavy atom. The lowest BCUT2D eigenvalue weighted by Crippen LogP contribution is -2.10. The van der Waals surface area contributed by atoms with Crippen LogP contribution in [0.25, 0.3) is 11.4 Å². The Morgan fingerprint density at radius 3 is 3.06 bits per heavy atom. The molecule has 0 saturated heterocycles. The number of hydrogen-bond acceptors (Lipinski definition) is 4. The second kappa shape index (κ2) is 5.20. The van der Waals surface area contributed by atoms with Crippen molar-refractivity contribution in [1.82, 2.24) is 20.6 Å². The van der Waals surface area contributed by atoms with Gasteiger partial charge in [-0.25, -0.2) is 5.10 Å². The SMILES string of the molecule is NC(=O)C[CH]Cc1cccc(-c2nnn[nH]2)c1. The van der Waals surface area contributed by atoms with Crippen LogP contribution in [0.15, 0.2) is 24.3 Å². The molecule has 1 aromatic heterocycles. The van der Waals surface area contributed by atoms with Crippen molar-refractivity contribution in [1.29, 1.82) is 0 Å². The van der Waals surface area contributed by atoms with Gasteiger partial charge in [-0.1, -0.05) is 18.2 Å². The number of tetrazole rings is 1. The molecule has 1 radical (unpaired) electrons. The van der Waals surface area contributed by atoms with Gasteiger partial charge >= 0.3 is 0 Å². The number of primary amides is 1. The molecule has 0 aliphatic rings. The van der Waals surface area contributed by atoms with Crippen molar-refractivity contribution >= 4 is 5.91 Å². The number of nitrogens with zero attached hydrogens (tertiary/aromatic N) is 3. The Morgan fingerprint density at radius 1 is 1.47 bits per heavy atom. The van der Waals surface area contributed by atoms with Crippen LogP contribution in [0.2, 0.25) is 0 Å². The van der Waals surface area contributed by atoms with E-state index in [2.05, 4.69) is 20.6 Å². The summed E-state index contributed by atoms with van der Waals surface area (Å²) in [4.78, 5) is 10.6. The van der Waals surface area contributed by atoms with Gasteiger partial charge in [-0.3, -0.25) is 4.79 Å². The molecule has 0 atom stereocenters. The van der Waals surface area contributed by atoms with Gasteiger partial charge < -0.3 is 5.73 Å². The number of aromatic amines is 1. The summed E-state index contributed by atoms with van der Waals surface area (Å²) in [6.45, 7) is 0. The lowest BCUT2D eigenvalue weighted by atomic mass is 10.0. The Labute approximate surface area is 98.2 Å². The molecule has 1 aromatic carbocycles. The summed E-state index contributed by atoms with van der Waals surface area (Å²) < 4.78 is 0. The van der Waals surface area contributed by atoms with Crippen LogP contribution in [0.4, 0.5) is 0 Å². The molecule has 2 rings (SSSR count). The first-order valence-electron chi connectivity index (χ1n) is 5.18. The lowest BCUT2D eigenvalue weighted by molar-refractivity contribution is -0.117. The highest BCUT2D eigenvalue weighted by Gasteiger charge is 2.03. The van der Waals surface area contributed by atoms with Crippen molar-refractivity contribution in [2.45, 2.75) is 12.8 Å². The summed E-state index contributed by atoms with van der Waals surface area (Å²) in [7, 11) is 0. The van der Waals surface area contributed by atoms with E-state index in [4.69, 9.17) is 5.73 Å². The van der Waals surface area contributed by atoms with Crippen LogP contribution in [-0.4, -0.2) is 26.5 Å². The zero-order chi connectivity index (χ0) is 12.1. The van der Waals surface area contributed by atoms with E-state index in [1.165, 1.54) is 0 Å². The molecule has 6 nitrogen and oxygen atoms in total. The van der Waals surface area contributed by atoms with Gasteiger partial charge in [0.25, 0.3) is 0 Å². The number of benzene rings is 1. The number of nitrogens with one attached hydrogen (secondary N) is 1. The molecule has 0 aliphatic heterocycles. The van der Waals surface area contributed by atoms with E-state index in [1.807, 2.05) is 30.7 Å². The zero-order valence-electron chi connectivity index (χ0n) is 9.13. The number of carbonyl (C=O) groups is 1. The van der Waals surface area contributed by atoms with Crippen molar-refractivity contribution < 1.29 is 4.79 Å². The molecule has 2 aromatic rings. The highest BCUT2D eigenvalue weighted by Crippen LogP contribution is 2.16. The monoisotopic (exact) mass is 230 g/mol. The van der Waals surface area contributed by atoms with Crippen LogP contribution in [-0.2, 0) is 11.2 Å². The highest BCUT2D eigenvalue weighted by molar-refractivity contribution is 5.74. The second-order valence-corrected chi connectivity index (χ2v) is 3.61. The Bertz CT molecular complexity index is 494. The number of carbonyl (C=O) groups excluding carboxylic acids is 1. The van der Waals surface area contributed by atoms with E-state index in [0.717, 1.165) is 11.1 Å². The van der Waals surface area contributed by atoms with Gasteiger partial charge in [0.05, 0.1) is 0 Å². The number of rotatable bonds is 5. The predicted molar refractivity (Wildman–Crippen MR) is 61.4 cm³/mol. The van der Waals surface area contributed by atoms with E-state index in [1.54, 1.807) is 0 Å². The van der Waals surface area contributed by atoms with Crippen molar-refractivity contribution in [2.24, 2.45) is 5.73 Å². The summed E-state index contributed by atoms with van der Waals surface area (Å²) in [6.07, 6.45) is 2.83. The average molecular weight is 230 g/mol. The fraction of sp³-hybridized carbons (Fsp3) is 0.182.